The van der Waals surface area contributed by atoms with Crippen LogP contribution in [0.5, 0.6) is 0 Å². The number of carbonyl (C=O) groups is 1. The minimum absolute atomic E-state index is 0.193. The zero-order chi connectivity index (χ0) is 13.0. The predicted octanol–water partition coefficient (Wildman–Crippen LogP) is -0.0626. The lowest BCUT2D eigenvalue weighted by molar-refractivity contribution is 0.0320. The van der Waals surface area contributed by atoms with Crippen LogP contribution in [0.1, 0.15) is 23.2 Å². The van der Waals surface area contributed by atoms with E-state index < -0.39 is 6.10 Å². The summed E-state index contributed by atoms with van der Waals surface area (Å²) >= 11 is 0. The molecule has 2 rings (SSSR count). The molecule has 0 radical (unpaired) electrons. The number of nitrogens with one attached hydrogen (secondary N) is 1. The molecule has 0 aromatic carbocycles. The van der Waals surface area contributed by atoms with E-state index >= 15 is 0 Å². The molecule has 1 heterocycles. The van der Waals surface area contributed by atoms with E-state index in [0.29, 0.717) is 18.1 Å². The van der Waals surface area contributed by atoms with E-state index in [4.69, 9.17) is 4.74 Å². The molecule has 6 heteroatoms. The number of ether oxygens (including phenoxy) is 1. The van der Waals surface area contributed by atoms with Gasteiger partial charge in [-0.15, -0.1) is 0 Å². The van der Waals surface area contributed by atoms with Gasteiger partial charge in [0.15, 0.2) is 0 Å². The molecule has 18 heavy (non-hydrogen) atoms. The second kappa shape index (κ2) is 5.97. The molecular formula is C12H19N3O3. The first kappa shape index (κ1) is 13.0. The van der Waals surface area contributed by atoms with Crippen molar-refractivity contribution < 1.29 is 14.6 Å². The number of hydrogen-bond acceptors (Lipinski definition) is 4. The molecule has 1 aliphatic carbocycles. The lowest BCUT2D eigenvalue weighted by atomic mass is 10.3. The second-order valence-electron chi connectivity index (χ2n) is 4.75. The predicted molar refractivity (Wildman–Crippen MR) is 65.1 cm³/mol. The summed E-state index contributed by atoms with van der Waals surface area (Å²) in [6.45, 7) is 1.18. The Kier molecular flexibility index (Phi) is 4.33. The number of amides is 1. The van der Waals surface area contributed by atoms with E-state index in [-0.39, 0.29) is 19.1 Å². The largest absolute Gasteiger partial charge is 0.389 e. The van der Waals surface area contributed by atoms with Gasteiger partial charge in [-0.05, 0) is 18.8 Å². The quantitative estimate of drug-likeness (QED) is 0.713. The van der Waals surface area contributed by atoms with E-state index in [1.807, 2.05) is 0 Å². The molecule has 1 saturated carbocycles. The first-order valence-electron chi connectivity index (χ1n) is 6.18. The molecule has 6 nitrogen and oxygen atoms in total. The number of hydrogen-bond donors (Lipinski definition) is 2. The minimum Gasteiger partial charge on any atom is -0.389 e. The van der Waals surface area contributed by atoms with Crippen LogP contribution in [0.15, 0.2) is 12.4 Å². The van der Waals surface area contributed by atoms with Crippen LogP contribution in [0.25, 0.3) is 0 Å². The zero-order valence-electron chi connectivity index (χ0n) is 10.5. The van der Waals surface area contributed by atoms with Gasteiger partial charge in [0.1, 0.15) is 0 Å². The van der Waals surface area contributed by atoms with Crippen molar-refractivity contribution in [2.24, 2.45) is 13.0 Å². The highest BCUT2D eigenvalue weighted by molar-refractivity contribution is 5.93. The standard InChI is InChI=1S/C12H19N3O3/c1-15-6-10(4-14-15)12(17)13-5-11(16)8-18-7-9-2-3-9/h4,6,9,11,16H,2-3,5,7-8H2,1H3,(H,13,17). The van der Waals surface area contributed by atoms with Crippen molar-refractivity contribution in [1.82, 2.24) is 15.1 Å². The number of aliphatic hydroxyl groups excluding tert-OH is 1. The van der Waals surface area contributed by atoms with Crippen LogP contribution in [0.2, 0.25) is 0 Å². The van der Waals surface area contributed by atoms with E-state index in [2.05, 4.69) is 10.4 Å². The number of nitrogens with zero attached hydrogens (tertiary/aromatic N) is 2. The maximum Gasteiger partial charge on any atom is 0.254 e. The summed E-state index contributed by atoms with van der Waals surface area (Å²) in [6, 6.07) is 0. The van der Waals surface area contributed by atoms with Crippen molar-refractivity contribution in [1.29, 1.82) is 0 Å². The van der Waals surface area contributed by atoms with Gasteiger partial charge in [-0.25, -0.2) is 0 Å². The molecule has 2 N–H and O–H groups in total. The van der Waals surface area contributed by atoms with Gasteiger partial charge in [0.25, 0.3) is 5.91 Å². The van der Waals surface area contributed by atoms with Crippen molar-refractivity contribution in [2.75, 3.05) is 19.8 Å². The number of carbonyl (C=O) groups excluding carboxylic acids is 1. The molecule has 0 bridgehead atoms. The van der Waals surface area contributed by atoms with E-state index in [9.17, 15) is 9.90 Å². The third kappa shape index (κ3) is 4.12. The van der Waals surface area contributed by atoms with Gasteiger partial charge in [-0.3, -0.25) is 9.48 Å². The normalized spacial score (nSPS) is 16.6. The smallest absolute Gasteiger partial charge is 0.254 e. The molecule has 0 saturated heterocycles. The molecule has 1 aromatic heterocycles. The Hall–Kier alpha value is -1.40. The Morgan fingerprint density at radius 3 is 3.11 bits per heavy atom. The Morgan fingerprint density at radius 1 is 1.72 bits per heavy atom. The highest BCUT2D eigenvalue weighted by Gasteiger charge is 2.21. The molecule has 1 unspecified atom stereocenters. The first-order valence-corrected chi connectivity index (χ1v) is 6.18. The van der Waals surface area contributed by atoms with Gasteiger partial charge < -0.3 is 15.2 Å². The van der Waals surface area contributed by atoms with Crippen LogP contribution < -0.4 is 5.32 Å². The highest BCUT2D eigenvalue weighted by Crippen LogP contribution is 2.28. The van der Waals surface area contributed by atoms with Crippen LogP contribution in [0.3, 0.4) is 0 Å². The van der Waals surface area contributed by atoms with Gasteiger partial charge in [-0.1, -0.05) is 0 Å². The fourth-order valence-corrected chi connectivity index (χ4v) is 1.57. The van der Waals surface area contributed by atoms with Gasteiger partial charge in [0, 0.05) is 26.4 Å². The van der Waals surface area contributed by atoms with E-state index in [1.165, 1.54) is 19.0 Å². The Bertz CT molecular complexity index is 401. The SMILES string of the molecule is Cn1cc(C(=O)NCC(O)COCC2CC2)cn1. The molecule has 1 aromatic rings. The molecular weight excluding hydrogens is 234 g/mol. The maximum atomic E-state index is 11.6. The lowest BCUT2D eigenvalue weighted by Crippen LogP contribution is -2.34. The fourth-order valence-electron chi connectivity index (χ4n) is 1.57. The molecule has 1 fully saturated rings. The number of rotatable bonds is 7. The van der Waals surface area contributed by atoms with Crippen LogP contribution in [-0.2, 0) is 11.8 Å². The van der Waals surface area contributed by atoms with Gasteiger partial charge in [0.2, 0.25) is 0 Å². The van der Waals surface area contributed by atoms with Gasteiger partial charge in [0.05, 0.1) is 24.5 Å². The topological polar surface area (TPSA) is 76.4 Å². The summed E-state index contributed by atoms with van der Waals surface area (Å²) in [5.74, 6) is 0.450. The van der Waals surface area contributed by atoms with E-state index in [1.54, 1.807) is 17.9 Å². The van der Waals surface area contributed by atoms with Crippen molar-refractivity contribution in [3.8, 4) is 0 Å². The summed E-state index contributed by atoms with van der Waals surface area (Å²) in [5, 5.41) is 16.2. The molecule has 0 spiro atoms. The maximum absolute atomic E-state index is 11.6. The monoisotopic (exact) mass is 253 g/mol. The average molecular weight is 253 g/mol. The van der Waals surface area contributed by atoms with Crippen LogP contribution in [-0.4, -0.2) is 46.7 Å². The number of aliphatic hydroxyl groups is 1. The third-order valence-corrected chi connectivity index (χ3v) is 2.83. The van der Waals surface area contributed by atoms with Crippen LogP contribution in [0, 0.1) is 5.92 Å². The average Bonchev–Trinajstić information content (AvgIpc) is 3.06. The second-order valence-corrected chi connectivity index (χ2v) is 4.75. The summed E-state index contributed by atoms with van der Waals surface area (Å²) in [7, 11) is 1.75. The molecule has 1 atom stereocenters. The summed E-state index contributed by atoms with van der Waals surface area (Å²) < 4.78 is 6.90. The molecule has 1 amide bonds. The zero-order valence-corrected chi connectivity index (χ0v) is 10.5. The third-order valence-electron chi connectivity index (χ3n) is 2.83. The van der Waals surface area contributed by atoms with Crippen LogP contribution >= 0.6 is 0 Å². The van der Waals surface area contributed by atoms with Gasteiger partial charge >= 0.3 is 0 Å². The molecule has 0 aliphatic heterocycles. The Labute approximate surface area is 106 Å². The Balaban J connectivity index is 1.62. The molecule has 100 valence electrons. The molecule has 1 aliphatic rings. The van der Waals surface area contributed by atoms with Crippen molar-refractivity contribution in [3.63, 3.8) is 0 Å². The fraction of sp³-hybridized carbons (Fsp3) is 0.667. The van der Waals surface area contributed by atoms with Crippen LogP contribution in [0.4, 0.5) is 0 Å². The summed E-state index contributed by atoms with van der Waals surface area (Å²) in [5.41, 5.74) is 0.489. The Morgan fingerprint density at radius 2 is 2.50 bits per heavy atom. The number of aromatic nitrogens is 2. The lowest BCUT2D eigenvalue weighted by Gasteiger charge is -2.11. The van der Waals surface area contributed by atoms with Crippen molar-refractivity contribution >= 4 is 5.91 Å². The van der Waals surface area contributed by atoms with Gasteiger partial charge in [-0.2, -0.15) is 5.10 Å². The number of aryl methyl sites for hydroxylation is 1. The van der Waals surface area contributed by atoms with E-state index in [0.717, 1.165) is 0 Å². The minimum atomic E-state index is -0.663. The summed E-state index contributed by atoms with van der Waals surface area (Å²) in [4.78, 5) is 11.6. The highest BCUT2D eigenvalue weighted by atomic mass is 16.5. The van der Waals surface area contributed by atoms with Crippen molar-refractivity contribution in [3.05, 3.63) is 18.0 Å². The van der Waals surface area contributed by atoms with Crippen molar-refractivity contribution in [2.45, 2.75) is 18.9 Å². The first-order chi connectivity index (χ1) is 8.65. The summed E-state index contributed by atoms with van der Waals surface area (Å²) in [6.07, 6.45) is 4.92.